The molecule has 144 heavy (non-hydrogen) atoms. The van der Waals surface area contributed by atoms with Gasteiger partial charge in [0.2, 0.25) is 0 Å². The standard InChI is InChI=1S/C49H62N12O7P2S2Si.C47H58N12O7P2S2Si/c1-11-23-58(45(62)32-19-15-13-16-20-32)41-38-43(52-27-50-41)60(29-54-38)47-31(3)36-34(66-47)25-64-70(8,72)57-37-35(26-65-69(7,71)56-36)67-48(40(37)68-73(9,10)49(4,5)6)61-30-55-39-42(51-28-53-44(39)61)59(24-12-2)46(63)33-21-17-14-18-22-33;1-29-34-32-23-62-68(6,70)55-35-33(24-63-67(5,69)54-34)65-46(38(35)66-71(7,8)47(2,3)4)59-28-53-37-40(49-26-51-42(37)59)57(44(61)31-19-13-10-14-20-31)22-16-15-21-56(43(60)30-17-11-9-12-18-30)39-36-41(50-25-48-39)58(27-52-36)45(29)64-32/h11-22,27-31,34-37,40,47-48H,1-2,23-26H2,3-10H3,(H,56,71)(H,57,72);9-20,25-29,32-35,38,45-46H,21-24H2,1-8H3,(H,54,69)(H,55,70)/b;16-15+/t31-,34-,35-,36+,37-,40-,47-,48-,69?,70?;29-,32-,33-,34+,35-,38-,45?,46?,67?,68?/m11/s1. The van der Waals surface area contributed by atoms with Crippen LogP contribution in [0.25, 0.3) is 44.7 Å². The third-order valence-corrected chi connectivity index (χ3v) is 45.1. The number of hydrogen-bond acceptors (Lipinski definition) is 30. The van der Waals surface area contributed by atoms with E-state index in [1.165, 1.54) is 35.1 Å². The SMILES string of the molecule is C=CCN(C(=O)c1ccccc1)c1ncnc2c1ncn2[C@@H]1O[C@@H]2COP(C)(=S)N[C@H]3[C@@H](O[Si](C)(C)C(C)(C)C)[C@H](n4cnc5c(N(CC=C)C(=O)c6ccccc6)ncnc54)O[C@@H]3COP(C)(=S)N[C@H]2[C@H]1C.C[C@H]1C2O[C@@H]3COP(C)(=S)N[C@@H]4[C@@H](COP(C)(=S)N[C@H]31)OC([C@@H]4O[Si](C)(C)C(C)(C)C)n1cnc3c(ncnc31)N(C(=O)c1ccccc1)C/C=C/CN(C(=O)c1ccccc1)c1ncnc3c1ncn32. The van der Waals surface area contributed by atoms with Crippen LogP contribution in [0.3, 0.4) is 0 Å². The van der Waals surface area contributed by atoms with Crippen LogP contribution < -0.4 is 39.9 Å². The van der Waals surface area contributed by atoms with Crippen LogP contribution in [0.4, 0.5) is 23.3 Å². The Morgan fingerprint density at radius 1 is 0.410 bits per heavy atom. The first-order valence-electron chi connectivity index (χ1n) is 47.5. The Bertz CT molecular complexity index is 7060. The normalized spacial score (nSPS) is 29.0. The van der Waals surface area contributed by atoms with E-state index in [-0.39, 0.29) is 116 Å². The molecule has 6 saturated heterocycles. The summed E-state index contributed by atoms with van der Waals surface area (Å²) in [6.07, 6.45) is 1.58. The van der Waals surface area contributed by atoms with Gasteiger partial charge >= 0.3 is 0 Å². The van der Waals surface area contributed by atoms with Gasteiger partial charge in [0.25, 0.3) is 23.6 Å². The van der Waals surface area contributed by atoms with Gasteiger partial charge in [-0.25, -0.2) is 59.8 Å². The van der Waals surface area contributed by atoms with Crippen molar-refractivity contribution in [2.45, 2.75) is 177 Å². The van der Waals surface area contributed by atoms with Crippen LogP contribution in [0.2, 0.25) is 36.3 Å². The first kappa shape index (κ1) is 105. The average Bonchev–Trinajstić information content (AvgIpc) is 1.60. The summed E-state index contributed by atoms with van der Waals surface area (Å²) in [4.78, 5) is 120. The topological polar surface area (TPSA) is 396 Å². The third-order valence-electron chi connectivity index (χ3n) is 28.0. The van der Waals surface area contributed by atoms with E-state index in [1.807, 2.05) is 130 Å². The number of fused-ring (bicyclic) bond motifs is 14. The molecule has 0 aliphatic carbocycles. The van der Waals surface area contributed by atoms with E-state index in [0.29, 0.717) is 84.4 Å². The van der Waals surface area contributed by atoms with E-state index in [9.17, 15) is 19.2 Å². The van der Waals surface area contributed by atoms with Gasteiger partial charge in [-0.15, -0.1) is 13.2 Å². The Hall–Kier alpha value is -9.35. The van der Waals surface area contributed by atoms with Gasteiger partial charge in [-0.3, -0.25) is 77.4 Å². The zero-order chi connectivity index (χ0) is 102. The zero-order valence-electron chi connectivity index (χ0n) is 82.9. The fourth-order valence-corrected chi connectivity index (χ4v) is 29.0. The van der Waals surface area contributed by atoms with Crippen molar-refractivity contribution in [3.63, 3.8) is 0 Å². The molecule has 760 valence electrons. The van der Waals surface area contributed by atoms with E-state index in [4.69, 9.17) is 133 Å². The summed E-state index contributed by atoms with van der Waals surface area (Å²) < 4.78 is 77.5. The van der Waals surface area contributed by atoms with Crippen molar-refractivity contribution in [1.82, 2.24) is 98.4 Å². The van der Waals surface area contributed by atoms with Crippen molar-refractivity contribution in [2.75, 3.05) is 98.9 Å². The first-order chi connectivity index (χ1) is 68.5. The van der Waals surface area contributed by atoms with Gasteiger partial charge in [0.05, 0.1) is 76.0 Å². The number of nitrogens with one attached hydrogen (secondary N) is 4. The molecule has 6 fully saturated rings. The van der Waals surface area contributed by atoms with E-state index in [1.54, 1.807) is 95.8 Å². The molecule has 6 unspecified atom stereocenters. The smallest absolute Gasteiger partial charge is 0.259 e. The lowest BCUT2D eigenvalue weighted by molar-refractivity contribution is -0.0426. The third kappa shape index (κ3) is 21.4. The Morgan fingerprint density at radius 2 is 0.688 bits per heavy atom. The number of anilines is 4. The second-order valence-electron chi connectivity index (χ2n) is 40.1. The maximum Gasteiger partial charge on any atom is 0.259 e. The highest BCUT2D eigenvalue weighted by Crippen LogP contribution is 2.55. The minimum absolute atomic E-state index is 0.0493. The Balaban J connectivity index is 0.000000190. The van der Waals surface area contributed by atoms with Crippen LogP contribution in [0.5, 0.6) is 0 Å². The molecule has 8 aromatic heterocycles. The molecule has 14 bridgehead atoms. The van der Waals surface area contributed by atoms with Gasteiger partial charge < -0.3 is 45.9 Å². The highest BCUT2D eigenvalue weighted by atomic mass is 32.5. The second kappa shape index (κ2) is 42.0. The molecular weight excluding hydrogens is 2020 g/mol. The number of carbonyl (C=O) groups excluding carboxylic acids is 4. The zero-order valence-corrected chi connectivity index (χ0v) is 91.7. The molecule has 20 rings (SSSR count). The van der Waals surface area contributed by atoms with Gasteiger partial charge in [-0.2, -0.15) is 0 Å². The Labute approximate surface area is 858 Å². The van der Waals surface area contributed by atoms with Crippen LogP contribution in [0, 0.1) is 11.8 Å². The molecular formula is C96H120N24O14P4S4Si2. The summed E-state index contributed by atoms with van der Waals surface area (Å²) in [7, 11) is -5.11. The summed E-state index contributed by atoms with van der Waals surface area (Å²) in [5, 5.41) is 14.5. The fourth-order valence-electron chi connectivity index (χ4n) is 18.6. The number of nitrogens with zero attached hydrogens (tertiary/aromatic N) is 20. The summed E-state index contributed by atoms with van der Waals surface area (Å²) in [6.45, 7) is 42.5. The molecule has 12 aromatic rings. The number of aromatic nitrogens is 16. The van der Waals surface area contributed by atoms with E-state index < -0.39 is 116 Å². The molecule has 4 aromatic carbocycles. The van der Waals surface area contributed by atoms with Crippen molar-refractivity contribution in [1.29, 1.82) is 0 Å². The summed E-state index contributed by atoms with van der Waals surface area (Å²) in [5.41, 5.74) is 5.27. The molecule has 4 amide bonds. The van der Waals surface area contributed by atoms with Gasteiger partial charge in [-0.1, -0.05) is 200 Å². The number of benzene rings is 4. The number of imidazole rings is 4. The minimum atomic E-state index is -2.88. The van der Waals surface area contributed by atoms with Gasteiger partial charge in [0.1, 0.15) is 87.8 Å². The predicted molar refractivity (Wildman–Crippen MR) is 574 cm³/mol. The summed E-state index contributed by atoms with van der Waals surface area (Å²) in [6, 6.07) is 34.2. The maximum absolute atomic E-state index is 14.7. The monoisotopic (exact) mass is 2140 g/mol. The second-order valence-corrected chi connectivity index (χ2v) is 66.8. The molecule has 8 aliphatic heterocycles. The Kier molecular flexibility index (Phi) is 30.5. The lowest BCUT2D eigenvalue weighted by Gasteiger charge is -2.41. The molecule has 20 atom stereocenters. The molecule has 0 radical (unpaired) electrons. The summed E-state index contributed by atoms with van der Waals surface area (Å²) in [5.74, 6) is -0.327. The maximum atomic E-state index is 14.7. The van der Waals surface area contributed by atoms with Gasteiger partial charge in [-0.05, 0) is 84.8 Å². The van der Waals surface area contributed by atoms with Crippen molar-refractivity contribution in [3.05, 3.63) is 232 Å². The molecule has 4 N–H and O–H groups in total. The molecule has 0 saturated carbocycles. The van der Waals surface area contributed by atoms with Crippen molar-refractivity contribution < 1.29 is 65.1 Å². The molecule has 8 aliphatic rings. The van der Waals surface area contributed by atoms with Crippen LogP contribution >= 0.6 is 25.7 Å². The molecule has 48 heteroatoms. The van der Waals surface area contributed by atoms with Crippen LogP contribution in [-0.2, 0) is 93.1 Å². The number of amides is 4. The average molecular weight is 2140 g/mol. The van der Waals surface area contributed by atoms with Gasteiger partial charge in [0, 0.05) is 99.0 Å². The van der Waals surface area contributed by atoms with Crippen molar-refractivity contribution in [3.8, 4) is 0 Å². The molecule has 38 nitrogen and oxygen atoms in total. The lowest BCUT2D eigenvalue weighted by atomic mass is 10.00. The highest BCUT2D eigenvalue weighted by Gasteiger charge is 2.57. The Morgan fingerprint density at radius 3 is 1.01 bits per heavy atom. The van der Waals surface area contributed by atoms with Crippen LogP contribution in [-0.4, -0.2) is 258 Å². The van der Waals surface area contributed by atoms with E-state index >= 15 is 0 Å². The number of ether oxygens (including phenoxy) is 4. The molecule has 0 spiro atoms. The van der Waals surface area contributed by atoms with Crippen molar-refractivity contribution >= 4 is 181 Å². The quantitative estimate of drug-likeness (QED) is 0.0396. The molecule has 16 heterocycles. The predicted octanol–water partition coefficient (Wildman–Crippen LogP) is 15.2. The largest absolute Gasteiger partial charge is 0.408 e. The number of carbonyl (C=O) groups is 4. The summed E-state index contributed by atoms with van der Waals surface area (Å²) >= 11 is 25.4. The number of hydrogen-bond donors (Lipinski definition) is 4. The van der Waals surface area contributed by atoms with Crippen molar-refractivity contribution in [2.24, 2.45) is 11.8 Å². The minimum Gasteiger partial charge on any atom is -0.408 e. The fraction of sp³-hybridized carbons (Fsp3) is 0.438. The van der Waals surface area contributed by atoms with E-state index in [2.05, 4.69) is 135 Å². The van der Waals surface area contributed by atoms with Gasteiger partial charge in [0.15, 0.2) is 97.0 Å². The van der Waals surface area contributed by atoms with Crippen LogP contribution in [0.1, 0.15) is 122 Å². The van der Waals surface area contributed by atoms with E-state index in [0.717, 1.165) is 0 Å². The first-order valence-corrected chi connectivity index (χ1v) is 66.0. The lowest BCUT2D eigenvalue weighted by Crippen LogP contribution is -2.52. The highest BCUT2D eigenvalue weighted by molar-refractivity contribution is 8.12. The number of rotatable bonds is 16. The van der Waals surface area contributed by atoms with Crippen LogP contribution in [0.15, 0.2) is 209 Å².